The van der Waals surface area contributed by atoms with E-state index in [2.05, 4.69) is 46.6 Å². The zero-order chi connectivity index (χ0) is 17.1. The second-order valence-corrected chi connectivity index (χ2v) is 6.31. The standard InChI is InChI=1S/C22H12N2O2/c1-5-13-6-2-8-15-18(13)14(7-1)19-20(15)22(17-10-4-12-26-17)24-23-21(19)16-9-3-11-25-16/h1-12H. The van der Waals surface area contributed by atoms with Crippen LogP contribution in [0.25, 0.3) is 55.9 Å². The van der Waals surface area contributed by atoms with E-state index in [4.69, 9.17) is 8.83 Å². The van der Waals surface area contributed by atoms with Gasteiger partial charge in [0, 0.05) is 11.1 Å². The van der Waals surface area contributed by atoms with Crippen molar-refractivity contribution >= 4 is 10.8 Å². The summed E-state index contributed by atoms with van der Waals surface area (Å²) in [6, 6.07) is 20.3. The maximum atomic E-state index is 5.64. The van der Waals surface area contributed by atoms with E-state index in [0.29, 0.717) is 11.5 Å². The molecule has 0 saturated carbocycles. The van der Waals surface area contributed by atoms with E-state index in [1.54, 1.807) is 12.5 Å². The first-order valence-corrected chi connectivity index (χ1v) is 8.43. The van der Waals surface area contributed by atoms with Gasteiger partial charge in [-0.15, -0.1) is 10.2 Å². The first-order valence-electron chi connectivity index (χ1n) is 8.43. The van der Waals surface area contributed by atoms with E-state index in [1.165, 1.54) is 10.8 Å². The van der Waals surface area contributed by atoms with Crippen molar-refractivity contribution in [1.29, 1.82) is 0 Å². The molecule has 6 rings (SSSR count). The molecule has 26 heavy (non-hydrogen) atoms. The molecule has 0 fully saturated rings. The third-order valence-electron chi connectivity index (χ3n) is 4.93. The molecule has 0 aliphatic heterocycles. The molecule has 0 bridgehead atoms. The zero-order valence-electron chi connectivity index (χ0n) is 13.6. The minimum atomic E-state index is 0.713. The first-order chi connectivity index (χ1) is 12.9. The summed E-state index contributed by atoms with van der Waals surface area (Å²) < 4.78 is 11.3. The highest BCUT2D eigenvalue weighted by atomic mass is 16.3. The van der Waals surface area contributed by atoms with Crippen molar-refractivity contribution in [2.24, 2.45) is 0 Å². The first kappa shape index (κ1) is 13.6. The van der Waals surface area contributed by atoms with Crippen molar-refractivity contribution < 1.29 is 8.83 Å². The number of furan rings is 2. The lowest BCUT2D eigenvalue weighted by atomic mass is 9.99. The highest BCUT2D eigenvalue weighted by molar-refractivity contribution is 6.19. The monoisotopic (exact) mass is 336 g/mol. The fourth-order valence-corrected chi connectivity index (χ4v) is 3.89. The minimum Gasteiger partial charge on any atom is -0.463 e. The molecule has 3 heterocycles. The van der Waals surface area contributed by atoms with Gasteiger partial charge in [-0.2, -0.15) is 0 Å². The van der Waals surface area contributed by atoms with Gasteiger partial charge in [0.1, 0.15) is 11.4 Å². The Morgan fingerprint density at radius 3 is 1.58 bits per heavy atom. The summed E-state index contributed by atoms with van der Waals surface area (Å²) in [4.78, 5) is 0. The number of nitrogens with zero attached hydrogens (tertiary/aromatic N) is 2. The van der Waals surface area contributed by atoms with Gasteiger partial charge < -0.3 is 8.83 Å². The van der Waals surface area contributed by atoms with Crippen LogP contribution in [-0.4, -0.2) is 10.2 Å². The molecule has 0 N–H and O–H groups in total. The summed E-state index contributed by atoms with van der Waals surface area (Å²) in [7, 11) is 0. The van der Waals surface area contributed by atoms with Crippen LogP contribution >= 0.6 is 0 Å². The Morgan fingerprint density at radius 1 is 0.577 bits per heavy atom. The summed E-state index contributed by atoms with van der Waals surface area (Å²) in [5, 5.41) is 11.5. The molecule has 0 atom stereocenters. The van der Waals surface area contributed by atoms with E-state index in [-0.39, 0.29) is 0 Å². The fourth-order valence-electron chi connectivity index (χ4n) is 3.89. The molecule has 3 aromatic heterocycles. The Morgan fingerprint density at radius 2 is 1.12 bits per heavy atom. The Labute approximate surface area is 148 Å². The van der Waals surface area contributed by atoms with Gasteiger partial charge in [-0.3, -0.25) is 0 Å². The van der Waals surface area contributed by atoms with Crippen LogP contribution in [0.4, 0.5) is 0 Å². The summed E-state index contributed by atoms with van der Waals surface area (Å²) in [5.41, 5.74) is 5.92. The molecule has 2 aromatic carbocycles. The number of aromatic nitrogens is 2. The lowest BCUT2D eigenvalue weighted by Crippen LogP contribution is -1.96. The van der Waals surface area contributed by atoms with Crippen LogP contribution in [0.5, 0.6) is 0 Å². The van der Waals surface area contributed by atoms with Crippen LogP contribution in [0.3, 0.4) is 0 Å². The molecule has 1 aliphatic rings. The van der Waals surface area contributed by atoms with E-state index < -0.39 is 0 Å². The van der Waals surface area contributed by atoms with Crippen LogP contribution in [-0.2, 0) is 0 Å². The molecule has 122 valence electrons. The molecule has 4 heteroatoms. The van der Waals surface area contributed by atoms with Crippen LogP contribution < -0.4 is 0 Å². The molecular weight excluding hydrogens is 324 g/mol. The molecule has 0 unspecified atom stereocenters. The summed E-state index contributed by atoms with van der Waals surface area (Å²) in [6.45, 7) is 0. The quantitative estimate of drug-likeness (QED) is 0.401. The van der Waals surface area contributed by atoms with Crippen molar-refractivity contribution in [1.82, 2.24) is 10.2 Å². The smallest absolute Gasteiger partial charge is 0.154 e. The van der Waals surface area contributed by atoms with Crippen molar-refractivity contribution in [2.75, 3.05) is 0 Å². The van der Waals surface area contributed by atoms with Gasteiger partial charge in [0.25, 0.3) is 0 Å². The Bertz CT molecular complexity index is 1170. The average molecular weight is 336 g/mol. The number of fused-ring (bicyclic) bond motifs is 3. The molecule has 5 aromatic rings. The van der Waals surface area contributed by atoms with Gasteiger partial charge in [0.2, 0.25) is 0 Å². The molecule has 1 aliphatic carbocycles. The minimum absolute atomic E-state index is 0.713. The normalized spacial score (nSPS) is 11.8. The van der Waals surface area contributed by atoms with Crippen LogP contribution in [0, 0.1) is 0 Å². The topological polar surface area (TPSA) is 52.1 Å². The zero-order valence-corrected chi connectivity index (χ0v) is 13.6. The lowest BCUT2D eigenvalue weighted by Gasteiger charge is -2.09. The predicted molar refractivity (Wildman–Crippen MR) is 99.4 cm³/mol. The second kappa shape index (κ2) is 4.92. The molecule has 0 saturated heterocycles. The van der Waals surface area contributed by atoms with Crippen molar-refractivity contribution in [2.45, 2.75) is 0 Å². The highest BCUT2D eigenvalue weighted by Gasteiger charge is 2.30. The highest BCUT2D eigenvalue weighted by Crippen LogP contribution is 2.52. The number of benzene rings is 2. The van der Waals surface area contributed by atoms with Crippen LogP contribution in [0.1, 0.15) is 0 Å². The number of hydrogen-bond acceptors (Lipinski definition) is 4. The predicted octanol–water partition coefficient (Wildman–Crippen LogP) is 5.80. The van der Waals surface area contributed by atoms with Crippen molar-refractivity contribution in [3.05, 3.63) is 73.2 Å². The van der Waals surface area contributed by atoms with Gasteiger partial charge in [0.15, 0.2) is 11.5 Å². The summed E-state index contributed by atoms with van der Waals surface area (Å²) in [6.07, 6.45) is 3.32. The van der Waals surface area contributed by atoms with Gasteiger partial charge >= 0.3 is 0 Å². The number of rotatable bonds is 2. The van der Waals surface area contributed by atoms with Crippen LogP contribution in [0.2, 0.25) is 0 Å². The summed E-state index contributed by atoms with van der Waals surface area (Å²) >= 11 is 0. The van der Waals surface area contributed by atoms with Gasteiger partial charge in [-0.05, 0) is 46.2 Å². The Kier molecular flexibility index (Phi) is 2.58. The molecule has 4 nitrogen and oxygen atoms in total. The lowest BCUT2D eigenvalue weighted by molar-refractivity contribution is 0.575. The average Bonchev–Trinajstić information content (AvgIpc) is 3.44. The van der Waals surface area contributed by atoms with E-state index in [0.717, 1.165) is 33.6 Å². The van der Waals surface area contributed by atoms with Crippen LogP contribution in [0.15, 0.2) is 82.0 Å². The maximum absolute atomic E-state index is 5.64. The fraction of sp³-hybridized carbons (Fsp3) is 0. The van der Waals surface area contributed by atoms with Crippen molar-refractivity contribution in [3.63, 3.8) is 0 Å². The van der Waals surface area contributed by atoms with Gasteiger partial charge in [-0.1, -0.05) is 36.4 Å². The van der Waals surface area contributed by atoms with E-state index >= 15 is 0 Å². The molecule has 0 spiro atoms. The van der Waals surface area contributed by atoms with E-state index in [9.17, 15) is 0 Å². The SMILES string of the molecule is c1coc(-c2nnc(-c3ccco3)c3c2-c2cccc4cccc-3c24)c1. The Hall–Kier alpha value is -3.66. The molecule has 0 amide bonds. The van der Waals surface area contributed by atoms with Gasteiger partial charge in [0.05, 0.1) is 12.5 Å². The van der Waals surface area contributed by atoms with Gasteiger partial charge in [-0.25, -0.2) is 0 Å². The molecular formula is C22H12N2O2. The third kappa shape index (κ3) is 1.68. The summed E-state index contributed by atoms with van der Waals surface area (Å²) in [5.74, 6) is 1.43. The molecule has 0 radical (unpaired) electrons. The Balaban J connectivity index is 1.81. The van der Waals surface area contributed by atoms with Crippen molar-refractivity contribution in [3.8, 4) is 45.2 Å². The third-order valence-corrected chi connectivity index (χ3v) is 4.93. The largest absolute Gasteiger partial charge is 0.463 e. The second-order valence-electron chi connectivity index (χ2n) is 6.31. The number of hydrogen-bond donors (Lipinski definition) is 0. The van der Waals surface area contributed by atoms with E-state index in [1.807, 2.05) is 24.3 Å². The maximum Gasteiger partial charge on any atom is 0.154 e.